The van der Waals surface area contributed by atoms with E-state index < -0.39 is 0 Å². The highest BCUT2D eigenvalue weighted by Crippen LogP contribution is 2.22. The Morgan fingerprint density at radius 2 is 2.05 bits per heavy atom. The lowest BCUT2D eigenvalue weighted by molar-refractivity contribution is -0.126. The normalized spacial score (nSPS) is 23.4. The fraction of sp³-hybridized carbons (Fsp3) is 0.625. The Morgan fingerprint density at radius 3 is 2.74 bits per heavy atom. The first-order chi connectivity index (χ1) is 9.09. The maximum absolute atomic E-state index is 6.03. The number of rotatable bonds is 5. The van der Waals surface area contributed by atoms with Crippen LogP contribution in [0.1, 0.15) is 25.8 Å². The Hall–Kier alpha value is -0.380. The monoisotopic (exact) mass is 325 g/mol. The summed E-state index contributed by atoms with van der Waals surface area (Å²) in [5, 5.41) is 0.922. The number of halogens is 1. The van der Waals surface area contributed by atoms with E-state index in [1.54, 1.807) is 0 Å². The van der Waals surface area contributed by atoms with Crippen molar-refractivity contribution in [2.75, 3.05) is 25.0 Å². The number of aryl methyl sites for hydroxylation is 1. The fourth-order valence-corrected chi connectivity index (χ4v) is 3.16. The van der Waals surface area contributed by atoms with Gasteiger partial charge in [0.05, 0.1) is 11.7 Å². The molecule has 0 aliphatic carbocycles. The van der Waals surface area contributed by atoms with Gasteiger partial charge in [0.25, 0.3) is 0 Å². The molecule has 0 saturated carbocycles. The average Bonchev–Trinajstić information content (AvgIpc) is 2.38. The van der Waals surface area contributed by atoms with Crippen LogP contribution in [0.15, 0.2) is 30.3 Å². The van der Waals surface area contributed by atoms with Gasteiger partial charge in [0.2, 0.25) is 0 Å². The highest BCUT2D eigenvalue weighted by Gasteiger charge is 2.32. The Morgan fingerprint density at radius 1 is 1.32 bits per heavy atom. The van der Waals surface area contributed by atoms with Crippen LogP contribution in [0, 0.1) is 0 Å². The van der Waals surface area contributed by atoms with E-state index in [9.17, 15) is 0 Å². The van der Waals surface area contributed by atoms with Gasteiger partial charge in [-0.05, 0) is 38.8 Å². The Kier molecular flexibility index (Phi) is 5.43. The van der Waals surface area contributed by atoms with Crippen molar-refractivity contribution in [1.29, 1.82) is 0 Å². The van der Waals surface area contributed by atoms with Gasteiger partial charge in [-0.2, -0.15) is 0 Å². The van der Waals surface area contributed by atoms with E-state index in [2.05, 4.69) is 65.0 Å². The summed E-state index contributed by atoms with van der Waals surface area (Å²) in [6.45, 7) is 7.61. The second kappa shape index (κ2) is 6.87. The first-order valence-electron chi connectivity index (χ1n) is 7.09. The number of hydrogen-bond donors (Lipinski definition) is 0. The molecule has 1 aromatic carbocycles. The number of nitrogens with zero attached hydrogens (tertiary/aromatic N) is 1. The Bertz CT molecular complexity index is 380. The van der Waals surface area contributed by atoms with Gasteiger partial charge in [0.1, 0.15) is 0 Å². The molecular formula is C16H24BrNO. The van der Waals surface area contributed by atoms with Gasteiger partial charge < -0.3 is 4.74 Å². The van der Waals surface area contributed by atoms with Gasteiger partial charge in [0, 0.05) is 18.4 Å². The Labute approximate surface area is 125 Å². The smallest absolute Gasteiger partial charge is 0.0806 e. The quantitative estimate of drug-likeness (QED) is 0.768. The van der Waals surface area contributed by atoms with Crippen molar-refractivity contribution in [2.45, 2.75) is 38.4 Å². The summed E-state index contributed by atoms with van der Waals surface area (Å²) in [5.74, 6) is 0. The standard InChI is InChI=1S/C16H24BrNO/c1-16(2)13-18(12-15(11-17)19-16)10-6-9-14-7-4-3-5-8-14/h3-5,7-8,15H,6,9-13H2,1-2H3. The largest absolute Gasteiger partial charge is 0.369 e. The zero-order valence-corrected chi connectivity index (χ0v) is 13.5. The number of morpholine rings is 1. The molecular weight excluding hydrogens is 302 g/mol. The van der Waals surface area contributed by atoms with Crippen LogP contribution >= 0.6 is 15.9 Å². The van der Waals surface area contributed by atoms with Crippen LogP contribution in [0.3, 0.4) is 0 Å². The Balaban J connectivity index is 1.79. The van der Waals surface area contributed by atoms with Crippen molar-refractivity contribution in [3.05, 3.63) is 35.9 Å². The molecule has 0 N–H and O–H groups in total. The minimum atomic E-state index is -0.0244. The molecule has 2 nitrogen and oxygen atoms in total. The van der Waals surface area contributed by atoms with E-state index >= 15 is 0 Å². The van der Waals surface area contributed by atoms with Crippen LogP contribution in [0.4, 0.5) is 0 Å². The van der Waals surface area contributed by atoms with Gasteiger partial charge in [-0.1, -0.05) is 46.3 Å². The predicted octanol–water partition coefficient (Wildman–Crippen LogP) is 3.49. The molecule has 1 saturated heterocycles. The zero-order valence-electron chi connectivity index (χ0n) is 11.9. The molecule has 1 aliphatic rings. The third kappa shape index (κ3) is 4.90. The minimum absolute atomic E-state index is 0.0244. The summed E-state index contributed by atoms with van der Waals surface area (Å²) in [6, 6.07) is 10.7. The molecule has 0 bridgehead atoms. The number of alkyl halides is 1. The molecule has 106 valence electrons. The summed E-state index contributed by atoms with van der Waals surface area (Å²) in [5.41, 5.74) is 1.41. The third-order valence-corrected chi connectivity index (χ3v) is 4.23. The van der Waals surface area contributed by atoms with Crippen molar-refractivity contribution in [1.82, 2.24) is 4.90 Å². The minimum Gasteiger partial charge on any atom is -0.369 e. The first-order valence-corrected chi connectivity index (χ1v) is 8.21. The highest BCUT2D eigenvalue weighted by atomic mass is 79.9. The summed E-state index contributed by atoms with van der Waals surface area (Å²) in [6.07, 6.45) is 2.70. The topological polar surface area (TPSA) is 12.5 Å². The van der Waals surface area contributed by atoms with E-state index in [0.29, 0.717) is 6.10 Å². The van der Waals surface area contributed by atoms with Crippen LogP contribution in [-0.2, 0) is 11.2 Å². The lowest BCUT2D eigenvalue weighted by atomic mass is 10.0. The molecule has 1 heterocycles. The molecule has 0 radical (unpaired) electrons. The molecule has 0 aromatic heterocycles. The van der Waals surface area contributed by atoms with Crippen LogP contribution in [0.25, 0.3) is 0 Å². The van der Waals surface area contributed by atoms with E-state index in [1.807, 2.05) is 0 Å². The van der Waals surface area contributed by atoms with E-state index in [4.69, 9.17) is 4.74 Å². The fourth-order valence-electron chi connectivity index (χ4n) is 2.82. The zero-order chi connectivity index (χ0) is 13.7. The lowest BCUT2D eigenvalue weighted by Crippen LogP contribution is -2.53. The van der Waals surface area contributed by atoms with Crippen molar-refractivity contribution in [3.63, 3.8) is 0 Å². The molecule has 19 heavy (non-hydrogen) atoms. The molecule has 1 atom stereocenters. The highest BCUT2D eigenvalue weighted by molar-refractivity contribution is 9.09. The second-order valence-corrected chi connectivity index (χ2v) is 6.63. The van der Waals surface area contributed by atoms with E-state index in [-0.39, 0.29) is 5.60 Å². The van der Waals surface area contributed by atoms with Crippen molar-refractivity contribution >= 4 is 15.9 Å². The van der Waals surface area contributed by atoms with Crippen LogP contribution in [0.5, 0.6) is 0 Å². The van der Waals surface area contributed by atoms with Gasteiger partial charge >= 0.3 is 0 Å². The average molecular weight is 326 g/mol. The van der Waals surface area contributed by atoms with Crippen molar-refractivity contribution in [2.24, 2.45) is 0 Å². The summed E-state index contributed by atoms with van der Waals surface area (Å²) in [7, 11) is 0. The first kappa shape index (κ1) is 15.0. The molecule has 1 fully saturated rings. The van der Waals surface area contributed by atoms with Gasteiger partial charge in [-0.3, -0.25) is 4.90 Å². The predicted molar refractivity (Wildman–Crippen MR) is 83.9 cm³/mol. The lowest BCUT2D eigenvalue weighted by Gasteiger charge is -2.42. The van der Waals surface area contributed by atoms with Crippen LogP contribution < -0.4 is 0 Å². The summed E-state index contributed by atoms with van der Waals surface area (Å²) < 4.78 is 6.03. The molecule has 0 spiro atoms. The molecule has 1 aromatic rings. The van der Waals surface area contributed by atoms with Crippen LogP contribution in [-0.4, -0.2) is 41.6 Å². The second-order valence-electron chi connectivity index (χ2n) is 5.98. The van der Waals surface area contributed by atoms with Gasteiger partial charge in [-0.15, -0.1) is 0 Å². The molecule has 0 amide bonds. The molecule has 3 heteroatoms. The molecule has 2 rings (SSSR count). The summed E-state index contributed by atoms with van der Waals surface area (Å²) >= 11 is 3.54. The molecule has 1 unspecified atom stereocenters. The van der Waals surface area contributed by atoms with Crippen molar-refractivity contribution in [3.8, 4) is 0 Å². The van der Waals surface area contributed by atoms with E-state index in [1.165, 1.54) is 12.0 Å². The van der Waals surface area contributed by atoms with Crippen molar-refractivity contribution < 1.29 is 4.74 Å². The number of benzene rings is 1. The maximum atomic E-state index is 6.03. The maximum Gasteiger partial charge on any atom is 0.0806 e. The SMILES string of the molecule is CC1(C)CN(CCCc2ccccc2)CC(CBr)O1. The van der Waals surface area contributed by atoms with Gasteiger partial charge in [0.15, 0.2) is 0 Å². The summed E-state index contributed by atoms with van der Waals surface area (Å²) in [4.78, 5) is 2.54. The molecule has 1 aliphatic heterocycles. The van der Waals surface area contributed by atoms with Crippen LogP contribution in [0.2, 0.25) is 0 Å². The number of hydrogen-bond acceptors (Lipinski definition) is 2. The third-order valence-electron chi connectivity index (χ3n) is 3.51. The van der Waals surface area contributed by atoms with E-state index in [0.717, 1.165) is 31.4 Å². The van der Waals surface area contributed by atoms with Gasteiger partial charge in [-0.25, -0.2) is 0 Å². The number of ether oxygens (including phenoxy) is 1.